The molecule has 1 fully saturated rings. The Labute approximate surface area is 203 Å². The number of ether oxygens (including phenoxy) is 2. The second-order valence-corrected chi connectivity index (χ2v) is 8.53. The van der Waals surface area contributed by atoms with Crippen LogP contribution in [-0.2, 0) is 25.2 Å². The van der Waals surface area contributed by atoms with Crippen LogP contribution in [0.15, 0.2) is 46.8 Å². The molecule has 3 rings (SSSR count). The summed E-state index contributed by atoms with van der Waals surface area (Å²) >= 11 is 5.80. The maximum atomic E-state index is 15.1. The zero-order valence-electron chi connectivity index (χ0n) is 18.9. The fourth-order valence-electron chi connectivity index (χ4n) is 3.92. The molecule has 11 heteroatoms. The summed E-state index contributed by atoms with van der Waals surface area (Å²) in [4.78, 5) is 25.7. The lowest BCUT2D eigenvalue weighted by Crippen LogP contribution is -2.35. The van der Waals surface area contributed by atoms with Gasteiger partial charge >= 0.3 is 18.1 Å². The number of carbonyl (C=O) groups excluding carboxylic acids is 2. The number of esters is 2. The molecule has 1 atom stereocenters. The van der Waals surface area contributed by atoms with Crippen LogP contribution in [0, 0.1) is 11.7 Å². The Bertz CT molecular complexity index is 1110. The molecule has 1 heterocycles. The molecule has 0 amide bonds. The Kier molecular flexibility index (Phi) is 8.25. The highest BCUT2D eigenvalue weighted by Crippen LogP contribution is 2.47. The van der Waals surface area contributed by atoms with E-state index in [4.69, 9.17) is 16.3 Å². The molecule has 35 heavy (non-hydrogen) atoms. The van der Waals surface area contributed by atoms with E-state index in [0.717, 1.165) is 20.0 Å². The van der Waals surface area contributed by atoms with Crippen molar-refractivity contribution in [2.75, 3.05) is 20.4 Å². The summed E-state index contributed by atoms with van der Waals surface area (Å²) in [6.07, 6.45) is 1.16. The topological polar surface area (TPSA) is 64.6 Å². The van der Waals surface area contributed by atoms with E-state index in [-0.39, 0.29) is 12.3 Å². The first kappa shape index (κ1) is 26.7. The van der Waals surface area contributed by atoms with Gasteiger partial charge in [0, 0.05) is 11.3 Å². The lowest BCUT2D eigenvalue weighted by Gasteiger charge is -2.32. The summed E-state index contributed by atoms with van der Waals surface area (Å²) in [6, 6.07) is 1.39. The van der Waals surface area contributed by atoms with Gasteiger partial charge < -0.3 is 14.8 Å². The van der Waals surface area contributed by atoms with Gasteiger partial charge in [0.25, 0.3) is 0 Å². The van der Waals surface area contributed by atoms with Gasteiger partial charge in [-0.25, -0.2) is 18.4 Å². The number of carbonyl (C=O) groups is 2. The lowest BCUT2D eigenvalue weighted by molar-refractivity contribution is -0.141. The third kappa shape index (κ3) is 5.86. The molecule has 0 radical (unpaired) electrons. The van der Waals surface area contributed by atoms with E-state index in [9.17, 15) is 27.2 Å². The summed E-state index contributed by atoms with van der Waals surface area (Å²) in [6.45, 7) is -0.144. The number of dihydropyridines is 1. The van der Waals surface area contributed by atoms with E-state index < -0.39 is 69.5 Å². The van der Waals surface area contributed by atoms with E-state index in [1.54, 1.807) is 0 Å². The Morgan fingerprint density at radius 1 is 1.20 bits per heavy atom. The van der Waals surface area contributed by atoms with E-state index in [0.29, 0.717) is 24.5 Å². The van der Waals surface area contributed by atoms with Crippen LogP contribution < -0.4 is 5.32 Å². The molecule has 1 aliphatic carbocycles. The van der Waals surface area contributed by atoms with Crippen LogP contribution in [0.3, 0.4) is 0 Å². The van der Waals surface area contributed by atoms with Crippen molar-refractivity contribution in [3.05, 3.63) is 68.8 Å². The van der Waals surface area contributed by atoms with Gasteiger partial charge in [-0.2, -0.15) is 13.2 Å². The number of benzene rings is 1. The first-order valence-electron chi connectivity index (χ1n) is 10.7. The van der Waals surface area contributed by atoms with Gasteiger partial charge in [-0.3, -0.25) is 0 Å². The standard InChI is InChI=1S/C24H23ClF5NO4/c1-12-17(23(33)35-10-4-3-5-13-6-7-13)20(19(22(32)34-2)16(11-26)31-12)18-15(27)9-8-14(25)21(18)24(28,29)30/h3,5,8-9,13,20,31H,4,6-7,10-11H2,1-2H3/b5-3+. The van der Waals surface area contributed by atoms with Crippen molar-refractivity contribution in [2.24, 2.45) is 5.92 Å². The molecule has 0 spiro atoms. The van der Waals surface area contributed by atoms with Crippen molar-refractivity contribution in [2.45, 2.75) is 38.3 Å². The van der Waals surface area contributed by atoms with E-state index in [2.05, 4.69) is 10.1 Å². The number of rotatable bonds is 8. The quantitative estimate of drug-likeness (QED) is 0.205. The lowest BCUT2D eigenvalue weighted by atomic mass is 9.78. The minimum atomic E-state index is -5.16. The van der Waals surface area contributed by atoms with Crippen molar-refractivity contribution < 1.29 is 41.0 Å². The maximum absolute atomic E-state index is 15.1. The van der Waals surface area contributed by atoms with Crippen molar-refractivity contribution in [3.8, 4) is 0 Å². The van der Waals surface area contributed by atoms with Crippen molar-refractivity contribution in [1.82, 2.24) is 5.32 Å². The predicted molar refractivity (Wildman–Crippen MR) is 117 cm³/mol. The number of methoxy groups -OCH3 is 1. The molecule has 0 aromatic heterocycles. The third-order valence-corrected chi connectivity index (χ3v) is 5.98. The summed E-state index contributed by atoms with van der Waals surface area (Å²) < 4.78 is 80.9. The molecule has 1 N–H and O–H groups in total. The Morgan fingerprint density at radius 2 is 1.89 bits per heavy atom. The SMILES string of the molecule is COC(=O)C1=C(CF)NC(C)=C(C(=O)OCC/C=C/C2CC2)C1c1c(F)ccc(Cl)c1C(F)(F)F. The highest BCUT2D eigenvalue weighted by molar-refractivity contribution is 6.31. The van der Waals surface area contributed by atoms with Crippen LogP contribution in [0.4, 0.5) is 22.0 Å². The van der Waals surface area contributed by atoms with Crippen molar-refractivity contribution in [1.29, 1.82) is 0 Å². The fraction of sp³-hybridized carbons (Fsp3) is 0.417. The van der Waals surface area contributed by atoms with E-state index >= 15 is 4.39 Å². The number of allylic oxidation sites excluding steroid dienone is 3. The molecule has 5 nitrogen and oxygen atoms in total. The molecule has 2 aliphatic rings. The zero-order chi connectivity index (χ0) is 25.9. The minimum absolute atomic E-state index is 0.0960. The Morgan fingerprint density at radius 3 is 2.46 bits per heavy atom. The largest absolute Gasteiger partial charge is 0.466 e. The number of alkyl halides is 4. The molecule has 1 unspecified atom stereocenters. The second kappa shape index (κ2) is 10.8. The van der Waals surface area contributed by atoms with Crippen LogP contribution >= 0.6 is 11.6 Å². The third-order valence-electron chi connectivity index (χ3n) is 5.67. The molecular weight excluding hydrogens is 497 g/mol. The molecule has 190 valence electrons. The second-order valence-electron chi connectivity index (χ2n) is 8.12. The van der Waals surface area contributed by atoms with Crippen LogP contribution in [0.1, 0.15) is 43.2 Å². The van der Waals surface area contributed by atoms with Gasteiger partial charge in [0.05, 0.1) is 47.1 Å². The van der Waals surface area contributed by atoms with Gasteiger partial charge in [0.1, 0.15) is 12.5 Å². The van der Waals surface area contributed by atoms with Crippen LogP contribution in [0.25, 0.3) is 0 Å². The average molecular weight is 520 g/mol. The molecule has 1 aromatic rings. The van der Waals surface area contributed by atoms with Crippen LogP contribution in [0.2, 0.25) is 5.02 Å². The monoisotopic (exact) mass is 519 g/mol. The summed E-state index contributed by atoms with van der Waals surface area (Å²) in [7, 11) is 0.927. The fourth-order valence-corrected chi connectivity index (χ4v) is 4.20. The van der Waals surface area contributed by atoms with Gasteiger partial charge in [-0.1, -0.05) is 23.8 Å². The summed E-state index contributed by atoms with van der Waals surface area (Å²) in [5.74, 6) is -5.21. The Hall–Kier alpha value is -2.88. The van der Waals surface area contributed by atoms with Crippen LogP contribution in [-0.4, -0.2) is 32.3 Å². The number of hydrogen-bond acceptors (Lipinski definition) is 5. The van der Waals surface area contributed by atoms with E-state index in [1.807, 2.05) is 12.2 Å². The van der Waals surface area contributed by atoms with Gasteiger partial charge in [0.2, 0.25) is 0 Å². The number of nitrogens with one attached hydrogen (secondary N) is 1. The summed E-state index contributed by atoms with van der Waals surface area (Å²) in [5, 5.41) is 1.66. The first-order chi connectivity index (χ1) is 16.5. The highest BCUT2D eigenvalue weighted by Gasteiger charge is 2.46. The minimum Gasteiger partial charge on any atom is -0.466 e. The molecule has 0 saturated heterocycles. The maximum Gasteiger partial charge on any atom is 0.418 e. The number of hydrogen-bond donors (Lipinski definition) is 1. The molecular formula is C24H23ClF5NO4. The van der Waals surface area contributed by atoms with Crippen molar-refractivity contribution >= 4 is 23.5 Å². The average Bonchev–Trinajstić information content (AvgIpc) is 3.62. The first-order valence-corrected chi connectivity index (χ1v) is 11.1. The number of halogens is 6. The predicted octanol–water partition coefficient (Wildman–Crippen LogP) is 5.75. The molecule has 1 aliphatic heterocycles. The molecule has 1 aromatic carbocycles. The highest BCUT2D eigenvalue weighted by atomic mass is 35.5. The van der Waals surface area contributed by atoms with Crippen LogP contribution in [0.5, 0.6) is 0 Å². The normalized spacial score (nSPS) is 18.7. The van der Waals surface area contributed by atoms with Gasteiger partial charge in [-0.05, 0) is 44.2 Å². The van der Waals surface area contributed by atoms with E-state index in [1.165, 1.54) is 6.92 Å². The van der Waals surface area contributed by atoms with Gasteiger partial charge in [-0.15, -0.1) is 0 Å². The summed E-state index contributed by atoms with van der Waals surface area (Å²) in [5.41, 5.74) is -4.42. The molecule has 1 saturated carbocycles. The molecule has 0 bridgehead atoms. The smallest absolute Gasteiger partial charge is 0.418 e. The van der Waals surface area contributed by atoms with Crippen molar-refractivity contribution in [3.63, 3.8) is 0 Å². The zero-order valence-corrected chi connectivity index (χ0v) is 19.7. The Balaban J connectivity index is 2.13. The van der Waals surface area contributed by atoms with Gasteiger partial charge in [0.15, 0.2) is 0 Å².